The molecule has 0 radical (unpaired) electrons. The van der Waals surface area contributed by atoms with E-state index in [4.69, 9.17) is 0 Å². The van der Waals surface area contributed by atoms with Crippen LogP contribution in [0.4, 0.5) is 5.69 Å². The molecule has 1 atom stereocenters. The van der Waals surface area contributed by atoms with E-state index >= 15 is 0 Å². The maximum absolute atomic E-state index is 13.8. The second-order valence-electron chi connectivity index (χ2n) is 13.9. The van der Waals surface area contributed by atoms with E-state index in [1.54, 1.807) is 6.92 Å². The van der Waals surface area contributed by atoms with Crippen LogP contribution in [-0.4, -0.2) is 49.5 Å². The van der Waals surface area contributed by atoms with Crippen LogP contribution >= 0.6 is 0 Å². The third-order valence-electron chi connectivity index (χ3n) is 9.35. The summed E-state index contributed by atoms with van der Waals surface area (Å²) in [6.45, 7) is 7.17. The van der Waals surface area contributed by atoms with E-state index in [0.29, 0.717) is 5.69 Å². The SMILES string of the molecule is C[C@@H](C(=O)NC(C)(C)C)N(Cc1ccccc1)C(=O)CN(c1ccc(C23CC4CC(CC(C4)C2)C3)cc1)S(C)(=O)=O. The van der Waals surface area contributed by atoms with Crippen LogP contribution in [0.5, 0.6) is 0 Å². The van der Waals surface area contributed by atoms with E-state index in [0.717, 1.165) is 29.6 Å². The summed E-state index contributed by atoms with van der Waals surface area (Å²) in [6.07, 6.45) is 8.93. The molecule has 6 rings (SSSR count). The van der Waals surface area contributed by atoms with Crippen LogP contribution in [-0.2, 0) is 31.6 Å². The van der Waals surface area contributed by atoms with Crippen molar-refractivity contribution in [3.8, 4) is 0 Å². The van der Waals surface area contributed by atoms with Gasteiger partial charge in [-0.25, -0.2) is 8.42 Å². The summed E-state index contributed by atoms with van der Waals surface area (Å²) in [5.41, 5.74) is 2.38. The second kappa shape index (κ2) is 11.1. The van der Waals surface area contributed by atoms with Crippen molar-refractivity contribution in [3.05, 3.63) is 65.7 Å². The molecule has 4 fully saturated rings. The lowest BCUT2D eigenvalue weighted by Gasteiger charge is -2.57. The van der Waals surface area contributed by atoms with Gasteiger partial charge in [0.25, 0.3) is 0 Å². The lowest BCUT2D eigenvalue weighted by atomic mass is 9.48. The Balaban J connectivity index is 1.38. The molecule has 222 valence electrons. The van der Waals surface area contributed by atoms with Crippen LogP contribution in [0.15, 0.2) is 54.6 Å². The molecule has 2 amide bonds. The number of anilines is 1. The van der Waals surface area contributed by atoms with Gasteiger partial charge in [0, 0.05) is 12.1 Å². The van der Waals surface area contributed by atoms with Crippen LogP contribution in [0.1, 0.15) is 77.3 Å². The number of nitrogens with one attached hydrogen (secondary N) is 1. The summed E-state index contributed by atoms with van der Waals surface area (Å²) in [5, 5.41) is 2.95. The Morgan fingerprint density at radius 1 is 0.927 bits per heavy atom. The molecule has 8 heteroatoms. The van der Waals surface area contributed by atoms with Gasteiger partial charge in [-0.15, -0.1) is 0 Å². The number of sulfonamides is 1. The predicted molar refractivity (Wildman–Crippen MR) is 163 cm³/mol. The minimum Gasteiger partial charge on any atom is -0.350 e. The average molecular weight is 580 g/mol. The first-order chi connectivity index (χ1) is 19.2. The van der Waals surface area contributed by atoms with Gasteiger partial charge < -0.3 is 10.2 Å². The summed E-state index contributed by atoms with van der Waals surface area (Å²) >= 11 is 0. The van der Waals surface area contributed by atoms with Crippen LogP contribution < -0.4 is 9.62 Å². The summed E-state index contributed by atoms with van der Waals surface area (Å²) < 4.78 is 27.2. The molecule has 1 N–H and O–H groups in total. The number of hydrogen-bond donors (Lipinski definition) is 1. The third kappa shape index (κ3) is 6.63. The fourth-order valence-electron chi connectivity index (χ4n) is 7.90. The minimum absolute atomic E-state index is 0.195. The van der Waals surface area contributed by atoms with Gasteiger partial charge in [-0.3, -0.25) is 13.9 Å². The highest BCUT2D eigenvalue weighted by atomic mass is 32.2. The summed E-state index contributed by atoms with van der Waals surface area (Å²) in [4.78, 5) is 28.4. The van der Waals surface area contributed by atoms with E-state index in [1.165, 1.54) is 53.3 Å². The zero-order valence-electron chi connectivity index (χ0n) is 25.1. The lowest BCUT2D eigenvalue weighted by molar-refractivity contribution is -0.140. The molecule has 41 heavy (non-hydrogen) atoms. The second-order valence-corrected chi connectivity index (χ2v) is 15.8. The molecular weight excluding hydrogens is 534 g/mol. The summed E-state index contributed by atoms with van der Waals surface area (Å²) in [6, 6.07) is 16.6. The molecule has 4 aliphatic carbocycles. The number of amides is 2. The lowest BCUT2D eigenvalue weighted by Crippen LogP contribution is -2.54. The first kappa shape index (κ1) is 29.6. The van der Waals surface area contributed by atoms with Gasteiger partial charge in [0.15, 0.2) is 0 Å². The predicted octanol–water partition coefficient (Wildman–Crippen LogP) is 5.25. The molecule has 2 aromatic rings. The van der Waals surface area contributed by atoms with E-state index in [9.17, 15) is 18.0 Å². The normalized spacial score (nSPS) is 25.9. The fraction of sp³-hybridized carbons (Fsp3) is 0.576. The van der Waals surface area contributed by atoms with Crippen molar-refractivity contribution in [1.29, 1.82) is 0 Å². The highest BCUT2D eigenvalue weighted by Crippen LogP contribution is 2.60. The third-order valence-corrected chi connectivity index (χ3v) is 10.5. The Morgan fingerprint density at radius 2 is 1.46 bits per heavy atom. The Labute approximate surface area is 245 Å². The topological polar surface area (TPSA) is 86.8 Å². The number of carbonyl (C=O) groups is 2. The van der Waals surface area contributed by atoms with Crippen molar-refractivity contribution in [2.75, 3.05) is 17.1 Å². The van der Waals surface area contributed by atoms with Crippen molar-refractivity contribution in [2.24, 2.45) is 17.8 Å². The standard InChI is InChI=1S/C33H45N3O4S/c1-23(31(38)34-32(2,3)4)35(21-24-9-7-6-8-10-24)30(37)22-36(41(5,39)40)29-13-11-28(12-14-29)33-18-25-15-26(19-33)17-27(16-25)20-33/h6-14,23,25-27H,15-22H2,1-5H3,(H,34,38)/t23-,25?,26?,27?,33?/m0/s1. The molecule has 0 aromatic heterocycles. The molecule has 7 nitrogen and oxygen atoms in total. The van der Waals surface area contributed by atoms with E-state index in [1.807, 2.05) is 63.2 Å². The Morgan fingerprint density at radius 3 is 1.95 bits per heavy atom. The smallest absolute Gasteiger partial charge is 0.244 e. The zero-order valence-corrected chi connectivity index (χ0v) is 25.9. The molecule has 4 aliphatic rings. The molecule has 0 aliphatic heterocycles. The Hall–Kier alpha value is -2.87. The van der Waals surface area contributed by atoms with Crippen molar-refractivity contribution in [1.82, 2.24) is 10.2 Å². The monoisotopic (exact) mass is 579 g/mol. The summed E-state index contributed by atoms with van der Waals surface area (Å²) in [7, 11) is -3.77. The minimum atomic E-state index is -3.77. The quantitative estimate of drug-likeness (QED) is 0.440. The molecule has 4 bridgehead atoms. The van der Waals surface area contributed by atoms with Gasteiger partial charge in [0.1, 0.15) is 12.6 Å². The van der Waals surface area contributed by atoms with Gasteiger partial charge in [0.05, 0.1) is 11.9 Å². The number of carbonyl (C=O) groups excluding carboxylic acids is 2. The largest absolute Gasteiger partial charge is 0.350 e. The highest BCUT2D eigenvalue weighted by molar-refractivity contribution is 7.92. The molecule has 0 spiro atoms. The van der Waals surface area contributed by atoms with Crippen molar-refractivity contribution < 1.29 is 18.0 Å². The molecule has 0 unspecified atom stereocenters. The van der Waals surface area contributed by atoms with Crippen LogP contribution in [0.25, 0.3) is 0 Å². The van der Waals surface area contributed by atoms with Gasteiger partial charge in [0.2, 0.25) is 21.8 Å². The van der Waals surface area contributed by atoms with Gasteiger partial charge in [-0.1, -0.05) is 42.5 Å². The van der Waals surface area contributed by atoms with E-state index in [-0.39, 0.29) is 24.4 Å². The van der Waals surface area contributed by atoms with Crippen molar-refractivity contribution >= 4 is 27.5 Å². The van der Waals surface area contributed by atoms with Crippen LogP contribution in [0.3, 0.4) is 0 Å². The molecule has 4 saturated carbocycles. The molecule has 0 heterocycles. The fourth-order valence-corrected chi connectivity index (χ4v) is 8.75. The van der Waals surface area contributed by atoms with Crippen molar-refractivity contribution in [2.45, 2.75) is 89.8 Å². The Bertz CT molecular complexity index is 1330. The Kier molecular flexibility index (Phi) is 8.01. The van der Waals surface area contributed by atoms with Gasteiger partial charge in [-0.2, -0.15) is 0 Å². The van der Waals surface area contributed by atoms with Gasteiger partial charge >= 0.3 is 0 Å². The summed E-state index contributed by atoms with van der Waals surface area (Å²) in [5.74, 6) is 1.74. The molecular formula is C33H45N3O4S. The molecule has 2 aromatic carbocycles. The number of rotatable bonds is 9. The first-order valence-electron chi connectivity index (χ1n) is 15.0. The average Bonchev–Trinajstić information content (AvgIpc) is 2.88. The van der Waals surface area contributed by atoms with Crippen LogP contribution in [0, 0.1) is 17.8 Å². The maximum atomic E-state index is 13.8. The maximum Gasteiger partial charge on any atom is 0.244 e. The van der Waals surface area contributed by atoms with E-state index < -0.39 is 27.5 Å². The van der Waals surface area contributed by atoms with Gasteiger partial charge in [-0.05, 0) is 113 Å². The number of hydrogen-bond acceptors (Lipinski definition) is 4. The first-order valence-corrected chi connectivity index (χ1v) is 16.8. The molecule has 0 saturated heterocycles. The number of nitrogens with zero attached hydrogens (tertiary/aromatic N) is 2. The highest BCUT2D eigenvalue weighted by Gasteiger charge is 2.51. The number of benzene rings is 2. The van der Waals surface area contributed by atoms with Crippen LogP contribution in [0.2, 0.25) is 0 Å². The zero-order chi connectivity index (χ0) is 29.6. The van der Waals surface area contributed by atoms with Crippen molar-refractivity contribution in [3.63, 3.8) is 0 Å². The van der Waals surface area contributed by atoms with E-state index in [2.05, 4.69) is 17.4 Å².